The molecule has 0 aliphatic heterocycles. The zero-order chi connectivity index (χ0) is 13.0. The molecule has 94 valence electrons. The quantitative estimate of drug-likeness (QED) is 0.767. The first-order valence-electron chi connectivity index (χ1n) is 6.12. The second-order valence-electron chi connectivity index (χ2n) is 4.64. The standard InChI is InChI=1S/C16H17FO/c1-12(2)14-6-8-16(9-7-14)18-11-13-4-3-5-15(17)10-13/h3-10,12H,11H2,1-2H3. The van der Waals surface area contributed by atoms with Gasteiger partial charge in [-0.15, -0.1) is 0 Å². The Morgan fingerprint density at radius 1 is 1.06 bits per heavy atom. The normalized spacial score (nSPS) is 10.7. The zero-order valence-electron chi connectivity index (χ0n) is 10.7. The first kappa shape index (κ1) is 12.6. The number of hydrogen-bond donors (Lipinski definition) is 0. The second-order valence-corrected chi connectivity index (χ2v) is 4.64. The summed E-state index contributed by atoms with van der Waals surface area (Å²) in [5.74, 6) is 1.09. The maximum absolute atomic E-state index is 13.0. The van der Waals surface area contributed by atoms with Crippen molar-refractivity contribution in [2.24, 2.45) is 0 Å². The Hall–Kier alpha value is -1.83. The molecule has 2 heteroatoms. The number of halogens is 1. The van der Waals surface area contributed by atoms with E-state index in [1.54, 1.807) is 6.07 Å². The highest BCUT2D eigenvalue weighted by atomic mass is 19.1. The van der Waals surface area contributed by atoms with E-state index in [2.05, 4.69) is 26.0 Å². The first-order chi connectivity index (χ1) is 8.65. The minimum Gasteiger partial charge on any atom is -0.489 e. The van der Waals surface area contributed by atoms with Crippen LogP contribution in [0.1, 0.15) is 30.9 Å². The number of benzene rings is 2. The average molecular weight is 244 g/mol. The summed E-state index contributed by atoms with van der Waals surface area (Å²) in [7, 11) is 0. The SMILES string of the molecule is CC(C)c1ccc(OCc2cccc(F)c2)cc1. The second kappa shape index (κ2) is 5.67. The molecule has 18 heavy (non-hydrogen) atoms. The monoisotopic (exact) mass is 244 g/mol. The molecule has 0 atom stereocenters. The molecule has 2 aromatic carbocycles. The molecular formula is C16H17FO. The van der Waals surface area contributed by atoms with Crippen LogP contribution in [0.4, 0.5) is 4.39 Å². The highest BCUT2D eigenvalue weighted by molar-refractivity contribution is 5.29. The van der Waals surface area contributed by atoms with Crippen LogP contribution in [0, 0.1) is 5.82 Å². The third kappa shape index (κ3) is 3.33. The van der Waals surface area contributed by atoms with Crippen LogP contribution in [0.15, 0.2) is 48.5 Å². The highest BCUT2D eigenvalue weighted by Gasteiger charge is 2.00. The molecule has 0 saturated carbocycles. The molecule has 0 bridgehead atoms. The predicted molar refractivity (Wildman–Crippen MR) is 71.3 cm³/mol. The molecule has 0 spiro atoms. The van der Waals surface area contributed by atoms with Gasteiger partial charge < -0.3 is 4.74 Å². The van der Waals surface area contributed by atoms with Crippen LogP contribution >= 0.6 is 0 Å². The van der Waals surface area contributed by atoms with Crippen molar-refractivity contribution in [1.29, 1.82) is 0 Å². The third-order valence-corrected chi connectivity index (χ3v) is 2.84. The molecule has 2 rings (SSSR count). The van der Waals surface area contributed by atoms with Crippen LogP contribution < -0.4 is 4.74 Å². The molecule has 2 aromatic rings. The van der Waals surface area contributed by atoms with Gasteiger partial charge in [0.15, 0.2) is 0 Å². The number of rotatable bonds is 4. The van der Waals surface area contributed by atoms with E-state index in [1.807, 2.05) is 18.2 Å². The lowest BCUT2D eigenvalue weighted by Crippen LogP contribution is -1.96. The van der Waals surface area contributed by atoms with Gasteiger partial charge in [-0.05, 0) is 41.3 Å². The molecule has 0 radical (unpaired) electrons. The topological polar surface area (TPSA) is 9.23 Å². The van der Waals surface area contributed by atoms with Gasteiger partial charge in [0.1, 0.15) is 18.2 Å². The summed E-state index contributed by atoms with van der Waals surface area (Å²) in [6.45, 7) is 4.70. The van der Waals surface area contributed by atoms with Gasteiger partial charge in [0.2, 0.25) is 0 Å². The van der Waals surface area contributed by atoms with Crippen molar-refractivity contribution in [3.05, 3.63) is 65.5 Å². The fourth-order valence-electron chi connectivity index (χ4n) is 1.74. The van der Waals surface area contributed by atoms with E-state index in [4.69, 9.17) is 4.74 Å². The summed E-state index contributed by atoms with van der Waals surface area (Å²) in [5.41, 5.74) is 2.12. The van der Waals surface area contributed by atoms with Crippen molar-refractivity contribution >= 4 is 0 Å². The minimum atomic E-state index is -0.230. The lowest BCUT2D eigenvalue weighted by molar-refractivity contribution is 0.305. The first-order valence-corrected chi connectivity index (χ1v) is 6.12. The van der Waals surface area contributed by atoms with Gasteiger partial charge in [-0.3, -0.25) is 0 Å². The Morgan fingerprint density at radius 2 is 1.78 bits per heavy atom. The fraction of sp³-hybridized carbons (Fsp3) is 0.250. The zero-order valence-corrected chi connectivity index (χ0v) is 10.7. The van der Waals surface area contributed by atoms with Gasteiger partial charge >= 0.3 is 0 Å². The molecule has 0 aliphatic carbocycles. The van der Waals surface area contributed by atoms with Crippen LogP contribution in [-0.4, -0.2) is 0 Å². The molecule has 0 N–H and O–H groups in total. The number of ether oxygens (including phenoxy) is 1. The summed E-state index contributed by atoms with van der Waals surface area (Å²) in [5, 5.41) is 0. The van der Waals surface area contributed by atoms with Crippen molar-refractivity contribution in [1.82, 2.24) is 0 Å². The van der Waals surface area contributed by atoms with Crippen molar-refractivity contribution in [3.8, 4) is 5.75 Å². The predicted octanol–water partition coefficient (Wildman–Crippen LogP) is 4.53. The van der Waals surface area contributed by atoms with Crippen molar-refractivity contribution < 1.29 is 9.13 Å². The largest absolute Gasteiger partial charge is 0.489 e. The van der Waals surface area contributed by atoms with E-state index in [0.717, 1.165) is 11.3 Å². The highest BCUT2D eigenvalue weighted by Crippen LogP contribution is 2.19. The van der Waals surface area contributed by atoms with E-state index in [-0.39, 0.29) is 5.82 Å². The van der Waals surface area contributed by atoms with E-state index in [9.17, 15) is 4.39 Å². The Kier molecular flexibility index (Phi) is 3.98. The molecule has 0 aromatic heterocycles. The van der Waals surface area contributed by atoms with E-state index < -0.39 is 0 Å². The van der Waals surface area contributed by atoms with Gasteiger partial charge in [-0.1, -0.05) is 38.1 Å². The molecule has 0 amide bonds. The van der Waals surface area contributed by atoms with Gasteiger partial charge in [-0.25, -0.2) is 4.39 Å². The Labute approximate surface area is 107 Å². The van der Waals surface area contributed by atoms with Gasteiger partial charge in [0.05, 0.1) is 0 Å². The van der Waals surface area contributed by atoms with Gasteiger partial charge in [-0.2, -0.15) is 0 Å². The van der Waals surface area contributed by atoms with E-state index >= 15 is 0 Å². The third-order valence-electron chi connectivity index (χ3n) is 2.84. The van der Waals surface area contributed by atoms with Crippen molar-refractivity contribution in [2.45, 2.75) is 26.4 Å². The van der Waals surface area contributed by atoms with Gasteiger partial charge in [0.25, 0.3) is 0 Å². The summed E-state index contributed by atoms with van der Waals surface area (Å²) in [4.78, 5) is 0. The minimum absolute atomic E-state index is 0.230. The van der Waals surface area contributed by atoms with Crippen molar-refractivity contribution in [2.75, 3.05) is 0 Å². The maximum atomic E-state index is 13.0. The molecule has 0 aliphatic rings. The lowest BCUT2D eigenvalue weighted by atomic mass is 10.0. The Balaban J connectivity index is 1.98. The summed E-state index contributed by atoms with van der Waals surface area (Å²) in [6, 6.07) is 14.5. The Morgan fingerprint density at radius 3 is 2.39 bits per heavy atom. The van der Waals surface area contributed by atoms with Crippen molar-refractivity contribution in [3.63, 3.8) is 0 Å². The van der Waals surface area contributed by atoms with Crippen LogP contribution in [0.2, 0.25) is 0 Å². The van der Waals surface area contributed by atoms with Crippen LogP contribution in [0.3, 0.4) is 0 Å². The van der Waals surface area contributed by atoms with E-state index in [0.29, 0.717) is 12.5 Å². The Bertz CT molecular complexity index is 503. The molecule has 0 fully saturated rings. The molecule has 0 heterocycles. The summed E-state index contributed by atoms with van der Waals surface area (Å²) >= 11 is 0. The van der Waals surface area contributed by atoms with Gasteiger partial charge in [0, 0.05) is 0 Å². The summed E-state index contributed by atoms with van der Waals surface area (Å²) < 4.78 is 18.6. The van der Waals surface area contributed by atoms with E-state index in [1.165, 1.54) is 17.7 Å². The lowest BCUT2D eigenvalue weighted by Gasteiger charge is -2.09. The molecule has 0 unspecified atom stereocenters. The number of hydrogen-bond acceptors (Lipinski definition) is 1. The average Bonchev–Trinajstić information content (AvgIpc) is 2.37. The molecule has 1 nitrogen and oxygen atoms in total. The van der Waals surface area contributed by atoms with Crippen LogP contribution in [0.5, 0.6) is 5.75 Å². The summed E-state index contributed by atoms with van der Waals surface area (Å²) in [6.07, 6.45) is 0. The maximum Gasteiger partial charge on any atom is 0.123 e. The van der Waals surface area contributed by atoms with Crippen LogP contribution in [-0.2, 0) is 6.61 Å². The fourth-order valence-corrected chi connectivity index (χ4v) is 1.74. The van der Waals surface area contributed by atoms with Crippen LogP contribution in [0.25, 0.3) is 0 Å². The molecule has 0 saturated heterocycles. The smallest absolute Gasteiger partial charge is 0.123 e. The molecular weight excluding hydrogens is 227 g/mol.